The molecule has 0 spiro atoms. The molecule has 0 saturated carbocycles. The van der Waals surface area contributed by atoms with Gasteiger partial charge in [0.2, 0.25) is 0 Å². The zero-order valence-corrected chi connectivity index (χ0v) is 18.3. The number of nitrogen functional groups attached to an aromatic ring is 1. The summed E-state index contributed by atoms with van der Waals surface area (Å²) in [5, 5.41) is 0. The van der Waals surface area contributed by atoms with Crippen molar-refractivity contribution in [1.29, 1.82) is 0 Å². The van der Waals surface area contributed by atoms with Gasteiger partial charge in [-0.05, 0) is 24.1 Å². The molecule has 3 aromatic heterocycles. The Labute approximate surface area is 180 Å². The van der Waals surface area contributed by atoms with Crippen molar-refractivity contribution < 1.29 is 9.00 Å². The van der Waals surface area contributed by atoms with Crippen LogP contribution in [0.25, 0.3) is 27.3 Å². The summed E-state index contributed by atoms with van der Waals surface area (Å²) >= 11 is 1.42. The standard InChI is InChI=1S/C21H21N5O2S2/c1-3-4-9-30(28)21-15(22)16-17(29-21)19-23-7-8-26(19)18(24-16)12-5-6-14-13(10-12)11-25(2)20(14)27/h5-8,10H,3-4,9,11,22H2,1-2H3. The second-order valence-electron chi connectivity index (χ2n) is 7.47. The number of nitrogens with zero attached hydrogens (tertiary/aromatic N) is 4. The number of carbonyl (C=O) groups excluding carboxylic acids is 1. The summed E-state index contributed by atoms with van der Waals surface area (Å²) in [6.45, 7) is 2.66. The van der Waals surface area contributed by atoms with E-state index in [0.717, 1.165) is 39.9 Å². The first-order valence-electron chi connectivity index (χ1n) is 9.81. The molecule has 1 unspecified atom stereocenters. The summed E-state index contributed by atoms with van der Waals surface area (Å²) in [7, 11) is 0.654. The van der Waals surface area contributed by atoms with Gasteiger partial charge in [0.05, 0.1) is 21.2 Å². The molecule has 7 nitrogen and oxygen atoms in total. The Bertz CT molecular complexity index is 1340. The van der Waals surface area contributed by atoms with Gasteiger partial charge < -0.3 is 10.6 Å². The lowest BCUT2D eigenvalue weighted by atomic mass is 10.1. The lowest BCUT2D eigenvalue weighted by Crippen LogP contribution is -2.17. The van der Waals surface area contributed by atoms with Gasteiger partial charge in [0.1, 0.15) is 15.6 Å². The lowest BCUT2D eigenvalue weighted by molar-refractivity contribution is 0.0816. The number of hydrogen-bond acceptors (Lipinski definition) is 6. The predicted molar refractivity (Wildman–Crippen MR) is 120 cm³/mol. The largest absolute Gasteiger partial charge is 0.395 e. The highest BCUT2D eigenvalue weighted by Crippen LogP contribution is 2.39. The smallest absolute Gasteiger partial charge is 0.254 e. The van der Waals surface area contributed by atoms with Crippen LogP contribution in [-0.2, 0) is 17.3 Å². The summed E-state index contributed by atoms with van der Waals surface area (Å²) < 4.78 is 16.2. The van der Waals surface area contributed by atoms with Crippen LogP contribution < -0.4 is 5.73 Å². The van der Waals surface area contributed by atoms with Crippen molar-refractivity contribution in [3.05, 3.63) is 41.7 Å². The summed E-state index contributed by atoms with van der Waals surface area (Å²) in [6.07, 6.45) is 5.47. The summed E-state index contributed by atoms with van der Waals surface area (Å²) in [6, 6.07) is 5.77. The van der Waals surface area contributed by atoms with Crippen LogP contribution >= 0.6 is 11.3 Å². The Morgan fingerprint density at radius 2 is 2.17 bits per heavy atom. The van der Waals surface area contributed by atoms with E-state index in [2.05, 4.69) is 11.9 Å². The molecule has 5 rings (SSSR count). The minimum atomic E-state index is -1.14. The Morgan fingerprint density at radius 3 is 2.97 bits per heavy atom. The van der Waals surface area contributed by atoms with Crippen molar-refractivity contribution >= 4 is 49.6 Å². The summed E-state index contributed by atoms with van der Waals surface area (Å²) in [4.78, 5) is 23.3. The topological polar surface area (TPSA) is 93.6 Å². The minimum absolute atomic E-state index is 0.0361. The van der Waals surface area contributed by atoms with Crippen molar-refractivity contribution in [2.75, 3.05) is 18.5 Å². The maximum atomic E-state index is 12.8. The third-order valence-electron chi connectivity index (χ3n) is 5.41. The van der Waals surface area contributed by atoms with Gasteiger partial charge in [-0.15, -0.1) is 11.3 Å². The van der Waals surface area contributed by atoms with E-state index in [1.807, 2.05) is 28.8 Å². The Balaban J connectivity index is 1.69. The van der Waals surface area contributed by atoms with E-state index >= 15 is 0 Å². The number of hydrogen-bond donors (Lipinski definition) is 1. The number of imidazole rings is 1. The Hall–Kier alpha value is -2.78. The van der Waals surface area contributed by atoms with E-state index in [1.165, 1.54) is 11.3 Å². The van der Waals surface area contributed by atoms with Gasteiger partial charge in [-0.2, -0.15) is 0 Å². The fourth-order valence-corrected chi connectivity index (χ4v) is 6.66. The van der Waals surface area contributed by atoms with Crippen LogP contribution in [0.4, 0.5) is 5.69 Å². The van der Waals surface area contributed by atoms with E-state index < -0.39 is 10.8 Å². The first-order valence-corrected chi connectivity index (χ1v) is 11.9. The van der Waals surface area contributed by atoms with Crippen molar-refractivity contribution in [2.45, 2.75) is 30.5 Å². The molecular weight excluding hydrogens is 418 g/mol. The fraction of sp³-hybridized carbons (Fsp3) is 0.286. The van der Waals surface area contributed by atoms with E-state index in [4.69, 9.17) is 10.7 Å². The molecule has 4 aromatic rings. The average molecular weight is 440 g/mol. The van der Waals surface area contributed by atoms with Crippen LogP contribution in [0.2, 0.25) is 0 Å². The van der Waals surface area contributed by atoms with Crippen LogP contribution in [0, 0.1) is 0 Å². The monoisotopic (exact) mass is 439 g/mol. The van der Waals surface area contributed by atoms with Crippen LogP contribution in [0.5, 0.6) is 0 Å². The molecule has 4 heterocycles. The van der Waals surface area contributed by atoms with Gasteiger partial charge in [-0.1, -0.05) is 19.4 Å². The van der Waals surface area contributed by atoms with Crippen LogP contribution in [0.15, 0.2) is 34.8 Å². The minimum Gasteiger partial charge on any atom is -0.395 e. The number of nitrogens with two attached hydrogens (primary N) is 1. The summed E-state index contributed by atoms with van der Waals surface area (Å²) in [5.74, 6) is 1.33. The predicted octanol–water partition coefficient (Wildman–Crippen LogP) is 3.69. The van der Waals surface area contributed by atoms with Crippen molar-refractivity contribution in [3.63, 3.8) is 0 Å². The molecule has 0 saturated heterocycles. The molecule has 0 fully saturated rings. The van der Waals surface area contributed by atoms with Gasteiger partial charge in [0.25, 0.3) is 5.91 Å². The number of rotatable bonds is 5. The molecule has 9 heteroatoms. The molecule has 1 aromatic carbocycles. The van der Waals surface area contributed by atoms with Crippen molar-refractivity contribution in [2.24, 2.45) is 0 Å². The second-order valence-corrected chi connectivity index (χ2v) is 10.3. The van der Waals surface area contributed by atoms with E-state index in [0.29, 0.717) is 33.5 Å². The van der Waals surface area contributed by atoms with Gasteiger partial charge in [-0.25, -0.2) is 9.97 Å². The SMILES string of the molecule is CCCCS(=O)c1sc2c(nc(-c3ccc4c(c3)CN(C)C4=O)n3ccnc23)c1N. The number of amides is 1. The summed E-state index contributed by atoms with van der Waals surface area (Å²) in [5.41, 5.74) is 10.9. The highest BCUT2D eigenvalue weighted by Gasteiger charge is 2.26. The number of thiophene rings is 1. The molecule has 0 radical (unpaired) electrons. The molecule has 154 valence electrons. The quantitative estimate of drug-likeness (QED) is 0.512. The number of aromatic nitrogens is 3. The first-order chi connectivity index (χ1) is 14.5. The second kappa shape index (κ2) is 7.17. The molecule has 0 bridgehead atoms. The van der Waals surface area contributed by atoms with Crippen LogP contribution in [0.1, 0.15) is 35.7 Å². The zero-order chi connectivity index (χ0) is 21.0. The van der Waals surface area contributed by atoms with Gasteiger partial charge >= 0.3 is 0 Å². The molecule has 2 N–H and O–H groups in total. The molecule has 30 heavy (non-hydrogen) atoms. The average Bonchev–Trinajstić information content (AvgIpc) is 3.42. The van der Waals surface area contributed by atoms with E-state index in [9.17, 15) is 9.00 Å². The third-order valence-corrected chi connectivity index (χ3v) is 8.50. The maximum Gasteiger partial charge on any atom is 0.254 e. The van der Waals surface area contributed by atoms with Gasteiger partial charge in [0.15, 0.2) is 5.65 Å². The molecule has 1 aliphatic heterocycles. The highest BCUT2D eigenvalue weighted by atomic mass is 32.2. The van der Waals surface area contributed by atoms with Crippen molar-refractivity contribution in [3.8, 4) is 11.4 Å². The first kappa shape index (κ1) is 19.2. The third kappa shape index (κ3) is 2.84. The normalized spacial score (nSPS) is 14.7. The van der Waals surface area contributed by atoms with Crippen LogP contribution in [0.3, 0.4) is 0 Å². The zero-order valence-electron chi connectivity index (χ0n) is 16.7. The van der Waals surface area contributed by atoms with Crippen molar-refractivity contribution in [1.82, 2.24) is 19.3 Å². The molecular formula is C21H21N5O2S2. The number of benzene rings is 1. The highest BCUT2D eigenvalue weighted by molar-refractivity contribution is 7.87. The van der Waals surface area contributed by atoms with Gasteiger partial charge in [0, 0.05) is 42.9 Å². The number of carbonyl (C=O) groups is 1. The number of anilines is 1. The molecule has 1 atom stereocenters. The molecule has 1 aliphatic rings. The lowest BCUT2D eigenvalue weighted by Gasteiger charge is -2.08. The number of fused-ring (bicyclic) bond motifs is 4. The molecule has 1 amide bonds. The number of unbranched alkanes of at least 4 members (excludes halogenated alkanes) is 1. The Morgan fingerprint density at radius 1 is 1.33 bits per heavy atom. The molecule has 0 aliphatic carbocycles. The van der Waals surface area contributed by atoms with E-state index in [1.54, 1.807) is 18.1 Å². The van der Waals surface area contributed by atoms with Gasteiger partial charge in [-0.3, -0.25) is 13.4 Å². The van der Waals surface area contributed by atoms with E-state index in [-0.39, 0.29) is 5.91 Å². The fourth-order valence-electron chi connectivity index (χ4n) is 3.83. The maximum absolute atomic E-state index is 12.8. The van der Waals surface area contributed by atoms with Crippen LogP contribution in [-0.4, -0.2) is 42.2 Å². The Kier molecular flexibility index (Phi) is 4.59.